The Morgan fingerprint density at radius 3 is 2.36 bits per heavy atom. The largest absolute Gasteiger partial charge is 0.290 e. The van der Waals surface area contributed by atoms with Gasteiger partial charge in [0.15, 0.2) is 0 Å². The summed E-state index contributed by atoms with van der Waals surface area (Å²) in [5.41, 5.74) is 0.755. The van der Waals surface area contributed by atoms with Crippen molar-refractivity contribution in [3.63, 3.8) is 0 Å². The molecular formula is C8H13N2O+. The lowest BCUT2D eigenvalue weighted by molar-refractivity contribution is -0.677. The Morgan fingerprint density at radius 1 is 1.64 bits per heavy atom. The Labute approximate surface area is 66.3 Å². The molecule has 0 saturated carbocycles. The molecule has 0 fully saturated rings. The fourth-order valence-electron chi connectivity index (χ4n) is 1.10. The summed E-state index contributed by atoms with van der Waals surface area (Å²) in [4.78, 5) is 11.0. The monoisotopic (exact) mass is 153 g/mol. The van der Waals surface area contributed by atoms with Crippen LogP contribution < -0.4 is 4.57 Å². The molecular weight excluding hydrogens is 140 g/mol. The van der Waals surface area contributed by atoms with Crippen LogP contribution in [0.2, 0.25) is 0 Å². The zero-order chi connectivity index (χ0) is 8.59. The van der Waals surface area contributed by atoms with E-state index in [9.17, 15) is 4.79 Å². The zero-order valence-corrected chi connectivity index (χ0v) is 7.38. The van der Waals surface area contributed by atoms with Crippen LogP contribution in [0.5, 0.6) is 0 Å². The number of Topliss-reactive ketones (excluding diaryl/α,β-unsaturated/α-hetero) is 1. The standard InChI is InChI=1S/C8H13N2O/c1-6(11)8-5-9(3)7(2)10(8)4/h5H,1-4H3/q+1. The van der Waals surface area contributed by atoms with Crippen molar-refractivity contribution in [3.8, 4) is 0 Å². The molecule has 0 saturated heterocycles. The van der Waals surface area contributed by atoms with Crippen LogP contribution in [0.15, 0.2) is 6.20 Å². The predicted octanol–water partition coefficient (Wildman–Crippen LogP) is 0.361. The molecule has 0 spiro atoms. The van der Waals surface area contributed by atoms with E-state index in [0.717, 1.165) is 11.5 Å². The van der Waals surface area contributed by atoms with Gasteiger partial charge in [0.2, 0.25) is 11.5 Å². The van der Waals surface area contributed by atoms with Crippen molar-refractivity contribution in [3.05, 3.63) is 17.7 Å². The Bertz CT molecular complexity index is 299. The number of imidazole rings is 1. The van der Waals surface area contributed by atoms with Gasteiger partial charge >= 0.3 is 0 Å². The van der Waals surface area contributed by atoms with Crippen molar-refractivity contribution in [1.82, 2.24) is 4.57 Å². The number of ketones is 1. The number of rotatable bonds is 1. The zero-order valence-electron chi connectivity index (χ0n) is 7.38. The second-order valence-electron chi connectivity index (χ2n) is 2.79. The molecule has 0 N–H and O–H groups in total. The molecule has 1 rings (SSSR count). The number of hydrogen-bond acceptors (Lipinski definition) is 1. The van der Waals surface area contributed by atoms with Crippen molar-refractivity contribution >= 4 is 5.78 Å². The summed E-state index contributed by atoms with van der Waals surface area (Å²) in [7, 11) is 3.83. The summed E-state index contributed by atoms with van der Waals surface area (Å²) >= 11 is 0. The minimum atomic E-state index is 0.108. The van der Waals surface area contributed by atoms with Gasteiger partial charge in [-0.25, -0.2) is 9.13 Å². The van der Waals surface area contributed by atoms with Gasteiger partial charge in [0.1, 0.15) is 6.20 Å². The van der Waals surface area contributed by atoms with Crippen LogP contribution in [-0.2, 0) is 14.1 Å². The molecule has 1 heterocycles. The summed E-state index contributed by atoms with van der Waals surface area (Å²) < 4.78 is 3.83. The third-order valence-electron chi connectivity index (χ3n) is 2.03. The van der Waals surface area contributed by atoms with Crippen molar-refractivity contribution in [2.75, 3.05) is 0 Å². The van der Waals surface area contributed by atoms with E-state index < -0.39 is 0 Å². The first-order valence-corrected chi connectivity index (χ1v) is 3.57. The van der Waals surface area contributed by atoms with Gasteiger partial charge in [0, 0.05) is 13.8 Å². The molecule has 0 aliphatic rings. The van der Waals surface area contributed by atoms with E-state index in [4.69, 9.17) is 0 Å². The van der Waals surface area contributed by atoms with Crippen LogP contribution in [-0.4, -0.2) is 10.4 Å². The Hall–Kier alpha value is -1.12. The topological polar surface area (TPSA) is 25.9 Å². The summed E-state index contributed by atoms with van der Waals surface area (Å²) in [6, 6.07) is 0. The molecule has 0 atom stereocenters. The molecule has 1 aromatic heterocycles. The Morgan fingerprint density at radius 2 is 2.18 bits per heavy atom. The van der Waals surface area contributed by atoms with Gasteiger partial charge in [-0.15, -0.1) is 0 Å². The lowest BCUT2D eigenvalue weighted by Crippen LogP contribution is -2.29. The normalized spacial score (nSPS) is 10.2. The van der Waals surface area contributed by atoms with E-state index >= 15 is 0 Å². The number of aryl methyl sites for hydroxylation is 1. The third kappa shape index (κ3) is 1.18. The highest BCUT2D eigenvalue weighted by molar-refractivity contribution is 5.91. The van der Waals surface area contributed by atoms with Gasteiger partial charge < -0.3 is 0 Å². The van der Waals surface area contributed by atoms with Gasteiger partial charge in [-0.3, -0.25) is 4.79 Å². The number of carbonyl (C=O) groups excluding carboxylic acids is 1. The molecule has 0 radical (unpaired) electrons. The van der Waals surface area contributed by atoms with Crippen molar-refractivity contribution in [1.29, 1.82) is 0 Å². The first-order valence-electron chi connectivity index (χ1n) is 3.57. The second kappa shape index (κ2) is 2.49. The highest BCUT2D eigenvalue weighted by atomic mass is 16.1. The Balaban J connectivity index is 3.29. The summed E-state index contributed by atoms with van der Waals surface area (Å²) in [5, 5.41) is 0. The minimum absolute atomic E-state index is 0.108. The third-order valence-corrected chi connectivity index (χ3v) is 2.03. The van der Waals surface area contributed by atoms with Crippen LogP contribution in [0.4, 0.5) is 0 Å². The molecule has 0 aliphatic heterocycles. The molecule has 11 heavy (non-hydrogen) atoms. The van der Waals surface area contributed by atoms with E-state index in [1.165, 1.54) is 0 Å². The van der Waals surface area contributed by atoms with Crippen molar-refractivity contribution in [2.45, 2.75) is 13.8 Å². The first-order chi connectivity index (χ1) is 5.04. The fraction of sp³-hybridized carbons (Fsp3) is 0.500. The Kier molecular flexibility index (Phi) is 1.81. The lowest BCUT2D eigenvalue weighted by Gasteiger charge is -1.89. The molecule has 0 aliphatic carbocycles. The molecule has 0 bridgehead atoms. The van der Waals surface area contributed by atoms with Gasteiger partial charge in [-0.1, -0.05) is 0 Å². The molecule has 3 heteroatoms. The van der Waals surface area contributed by atoms with Gasteiger partial charge in [0.25, 0.3) is 5.82 Å². The maximum atomic E-state index is 11.0. The van der Waals surface area contributed by atoms with E-state index in [0.29, 0.717) is 0 Å². The number of carbonyl (C=O) groups is 1. The SMILES string of the molecule is CC(=O)c1c[n+](C)c(C)n1C. The molecule has 3 nitrogen and oxygen atoms in total. The summed E-state index contributed by atoms with van der Waals surface area (Å²) in [6.07, 6.45) is 1.84. The van der Waals surface area contributed by atoms with Crippen molar-refractivity contribution in [2.24, 2.45) is 14.1 Å². The number of aromatic nitrogens is 2. The van der Waals surface area contributed by atoms with Crippen molar-refractivity contribution < 1.29 is 9.36 Å². The lowest BCUT2D eigenvalue weighted by atomic mass is 10.3. The van der Waals surface area contributed by atoms with Crippen LogP contribution in [0.1, 0.15) is 23.2 Å². The summed E-state index contributed by atoms with van der Waals surface area (Å²) in [5.74, 6) is 1.19. The van der Waals surface area contributed by atoms with Crippen LogP contribution >= 0.6 is 0 Å². The number of nitrogens with zero attached hydrogens (tertiary/aromatic N) is 2. The molecule has 0 unspecified atom stereocenters. The maximum absolute atomic E-state index is 11.0. The van der Waals surface area contributed by atoms with Gasteiger partial charge in [0.05, 0.1) is 14.1 Å². The minimum Gasteiger partial charge on any atom is -0.290 e. The van der Waals surface area contributed by atoms with E-state index in [1.807, 2.05) is 36.4 Å². The first kappa shape index (κ1) is 7.98. The van der Waals surface area contributed by atoms with E-state index in [2.05, 4.69) is 0 Å². The predicted molar refractivity (Wildman–Crippen MR) is 41.3 cm³/mol. The maximum Gasteiger partial charge on any atom is 0.253 e. The number of hydrogen-bond donors (Lipinski definition) is 0. The highest BCUT2D eigenvalue weighted by Gasteiger charge is 2.16. The fourth-order valence-corrected chi connectivity index (χ4v) is 1.10. The highest BCUT2D eigenvalue weighted by Crippen LogP contribution is 1.99. The summed E-state index contributed by atoms with van der Waals surface area (Å²) in [6.45, 7) is 3.56. The second-order valence-corrected chi connectivity index (χ2v) is 2.79. The van der Waals surface area contributed by atoms with E-state index in [-0.39, 0.29) is 5.78 Å². The molecule has 1 aromatic rings. The average molecular weight is 153 g/mol. The van der Waals surface area contributed by atoms with Gasteiger partial charge in [-0.05, 0) is 0 Å². The van der Waals surface area contributed by atoms with E-state index in [1.54, 1.807) is 6.92 Å². The smallest absolute Gasteiger partial charge is 0.253 e. The van der Waals surface area contributed by atoms with Crippen LogP contribution in [0.3, 0.4) is 0 Å². The quantitative estimate of drug-likeness (QED) is 0.422. The average Bonchev–Trinajstić information content (AvgIpc) is 2.17. The molecule has 0 amide bonds. The van der Waals surface area contributed by atoms with Gasteiger partial charge in [-0.2, -0.15) is 0 Å². The molecule has 60 valence electrons. The van der Waals surface area contributed by atoms with Crippen LogP contribution in [0, 0.1) is 6.92 Å². The molecule has 0 aromatic carbocycles. The van der Waals surface area contributed by atoms with Crippen LogP contribution in [0.25, 0.3) is 0 Å².